The minimum absolute atomic E-state index is 0.161. The van der Waals surface area contributed by atoms with Crippen LogP contribution in [0.5, 0.6) is 0 Å². The summed E-state index contributed by atoms with van der Waals surface area (Å²) in [6, 6.07) is 0.807. The first kappa shape index (κ1) is 14.8. The van der Waals surface area contributed by atoms with Gasteiger partial charge in [0.1, 0.15) is 0 Å². The van der Waals surface area contributed by atoms with Crippen LogP contribution < -0.4 is 5.73 Å². The van der Waals surface area contributed by atoms with Crippen molar-refractivity contribution in [2.75, 3.05) is 26.2 Å². The van der Waals surface area contributed by atoms with E-state index in [1.54, 1.807) is 0 Å². The molecule has 3 unspecified atom stereocenters. The smallest absolute Gasteiger partial charge is 0.226 e. The molecule has 2 N–H and O–H groups in total. The third-order valence-corrected chi connectivity index (χ3v) is 4.91. The maximum atomic E-state index is 12.6. The van der Waals surface area contributed by atoms with Crippen molar-refractivity contribution in [3.63, 3.8) is 0 Å². The molecule has 3 atom stereocenters. The molecule has 2 fully saturated rings. The van der Waals surface area contributed by atoms with Crippen LogP contribution in [-0.2, 0) is 4.79 Å². The van der Waals surface area contributed by atoms with E-state index in [2.05, 4.69) is 30.6 Å². The molecule has 0 aromatic heterocycles. The zero-order valence-electron chi connectivity index (χ0n) is 12.6. The van der Waals surface area contributed by atoms with Gasteiger partial charge in [0.15, 0.2) is 0 Å². The van der Waals surface area contributed by atoms with Crippen molar-refractivity contribution in [3.8, 4) is 0 Å². The van der Waals surface area contributed by atoms with Crippen molar-refractivity contribution < 1.29 is 4.79 Å². The summed E-state index contributed by atoms with van der Waals surface area (Å²) in [7, 11) is 0. The topological polar surface area (TPSA) is 49.6 Å². The van der Waals surface area contributed by atoms with Gasteiger partial charge in [-0.3, -0.25) is 9.69 Å². The average Bonchev–Trinajstić information content (AvgIpc) is 2.41. The van der Waals surface area contributed by atoms with Crippen molar-refractivity contribution in [1.29, 1.82) is 0 Å². The molecular weight excluding hydrogens is 238 g/mol. The fourth-order valence-electron chi connectivity index (χ4n) is 3.39. The van der Waals surface area contributed by atoms with Gasteiger partial charge in [-0.05, 0) is 39.0 Å². The van der Waals surface area contributed by atoms with E-state index < -0.39 is 0 Å². The minimum atomic E-state index is 0.161. The van der Waals surface area contributed by atoms with Crippen molar-refractivity contribution in [3.05, 3.63) is 0 Å². The van der Waals surface area contributed by atoms with E-state index in [0.717, 1.165) is 45.4 Å². The first-order valence-electron chi connectivity index (χ1n) is 7.77. The maximum absolute atomic E-state index is 12.6. The number of nitrogens with two attached hydrogens (primary N) is 1. The molecule has 0 radical (unpaired) electrons. The first-order valence-corrected chi connectivity index (χ1v) is 7.77. The van der Waals surface area contributed by atoms with Crippen LogP contribution in [-0.4, -0.2) is 54.0 Å². The van der Waals surface area contributed by atoms with Crippen LogP contribution in [0.3, 0.4) is 0 Å². The Bertz CT molecular complexity index is 311. The summed E-state index contributed by atoms with van der Waals surface area (Å²) in [5, 5.41) is 0. The number of amides is 1. The highest BCUT2D eigenvalue weighted by Crippen LogP contribution is 2.30. The molecule has 1 saturated heterocycles. The molecule has 1 amide bonds. The highest BCUT2D eigenvalue weighted by molar-refractivity contribution is 5.79. The van der Waals surface area contributed by atoms with Gasteiger partial charge in [-0.25, -0.2) is 0 Å². The SMILES string of the molecule is CC1CCC(N)CC1C(=O)N1CCN(C(C)C)CC1. The molecule has 1 heterocycles. The second kappa shape index (κ2) is 6.23. The van der Waals surface area contributed by atoms with Crippen LogP contribution in [0.2, 0.25) is 0 Å². The van der Waals surface area contributed by atoms with Crippen LogP contribution >= 0.6 is 0 Å². The van der Waals surface area contributed by atoms with Crippen molar-refractivity contribution >= 4 is 5.91 Å². The standard InChI is InChI=1S/C15H29N3O/c1-11(2)17-6-8-18(9-7-17)15(19)14-10-13(16)5-4-12(14)3/h11-14H,4-10,16H2,1-3H3. The predicted molar refractivity (Wildman–Crippen MR) is 77.8 cm³/mol. The lowest BCUT2D eigenvalue weighted by atomic mass is 9.77. The van der Waals surface area contributed by atoms with E-state index in [-0.39, 0.29) is 12.0 Å². The Morgan fingerprint density at radius 2 is 1.79 bits per heavy atom. The number of piperazine rings is 1. The summed E-state index contributed by atoms with van der Waals surface area (Å²) in [5.41, 5.74) is 6.04. The number of carbonyl (C=O) groups is 1. The molecule has 2 aliphatic rings. The van der Waals surface area contributed by atoms with Crippen LogP contribution in [0.25, 0.3) is 0 Å². The van der Waals surface area contributed by atoms with E-state index >= 15 is 0 Å². The third kappa shape index (κ3) is 3.48. The lowest BCUT2D eigenvalue weighted by molar-refractivity contribution is -0.140. The van der Waals surface area contributed by atoms with Crippen LogP contribution in [0.4, 0.5) is 0 Å². The summed E-state index contributed by atoms with van der Waals surface area (Å²) < 4.78 is 0. The maximum Gasteiger partial charge on any atom is 0.226 e. The molecule has 4 heteroatoms. The van der Waals surface area contributed by atoms with Crippen LogP contribution in [0.15, 0.2) is 0 Å². The van der Waals surface area contributed by atoms with E-state index in [0.29, 0.717) is 17.9 Å². The molecule has 110 valence electrons. The molecule has 1 aliphatic heterocycles. The largest absolute Gasteiger partial charge is 0.340 e. The Kier molecular flexibility index (Phi) is 4.85. The molecule has 0 aromatic rings. The Hall–Kier alpha value is -0.610. The number of carbonyl (C=O) groups excluding carboxylic acids is 1. The minimum Gasteiger partial charge on any atom is -0.340 e. The van der Waals surface area contributed by atoms with E-state index in [9.17, 15) is 4.79 Å². The molecule has 19 heavy (non-hydrogen) atoms. The molecule has 1 aliphatic carbocycles. The second-order valence-electron chi connectivity index (χ2n) is 6.61. The predicted octanol–water partition coefficient (Wildman–Crippen LogP) is 1.30. The molecule has 0 bridgehead atoms. The highest BCUT2D eigenvalue weighted by Gasteiger charge is 2.35. The number of rotatable bonds is 2. The van der Waals surface area contributed by atoms with Gasteiger partial charge in [0.05, 0.1) is 0 Å². The van der Waals surface area contributed by atoms with Gasteiger partial charge in [0.2, 0.25) is 5.91 Å². The molecule has 4 nitrogen and oxygen atoms in total. The van der Waals surface area contributed by atoms with Gasteiger partial charge in [0, 0.05) is 44.2 Å². The number of hydrogen-bond donors (Lipinski definition) is 1. The average molecular weight is 267 g/mol. The second-order valence-corrected chi connectivity index (χ2v) is 6.61. The van der Waals surface area contributed by atoms with Crippen LogP contribution in [0, 0.1) is 11.8 Å². The molecular formula is C15H29N3O. The Balaban J connectivity index is 1.90. The van der Waals surface area contributed by atoms with E-state index in [1.165, 1.54) is 0 Å². The zero-order chi connectivity index (χ0) is 14.0. The highest BCUT2D eigenvalue weighted by atomic mass is 16.2. The summed E-state index contributed by atoms with van der Waals surface area (Å²) in [6.45, 7) is 10.4. The van der Waals surface area contributed by atoms with Crippen LogP contribution in [0.1, 0.15) is 40.0 Å². The summed E-state index contributed by atoms with van der Waals surface area (Å²) in [6.07, 6.45) is 3.06. The zero-order valence-corrected chi connectivity index (χ0v) is 12.6. The number of nitrogens with zero attached hydrogens (tertiary/aromatic N) is 2. The lowest BCUT2D eigenvalue weighted by Gasteiger charge is -2.40. The quantitative estimate of drug-likeness (QED) is 0.820. The molecule has 0 aromatic carbocycles. The fourth-order valence-corrected chi connectivity index (χ4v) is 3.39. The van der Waals surface area contributed by atoms with Crippen molar-refractivity contribution in [2.24, 2.45) is 17.6 Å². The molecule has 0 spiro atoms. The van der Waals surface area contributed by atoms with E-state index in [4.69, 9.17) is 5.73 Å². The Morgan fingerprint density at radius 1 is 1.16 bits per heavy atom. The van der Waals surface area contributed by atoms with Gasteiger partial charge in [0.25, 0.3) is 0 Å². The summed E-state index contributed by atoms with van der Waals surface area (Å²) in [4.78, 5) is 17.1. The first-order chi connectivity index (χ1) is 8.99. The van der Waals surface area contributed by atoms with Gasteiger partial charge >= 0.3 is 0 Å². The van der Waals surface area contributed by atoms with Gasteiger partial charge in [-0.2, -0.15) is 0 Å². The van der Waals surface area contributed by atoms with Gasteiger partial charge in [-0.15, -0.1) is 0 Å². The monoisotopic (exact) mass is 267 g/mol. The Morgan fingerprint density at radius 3 is 2.37 bits per heavy atom. The van der Waals surface area contributed by atoms with E-state index in [1.807, 2.05) is 0 Å². The summed E-state index contributed by atoms with van der Waals surface area (Å²) >= 11 is 0. The van der Waals surface area contributed by atoms with Gasteiger partial charge < -0.3 is 10.6 Å². The Labute approximate surface area is 117 Å². The van der Waals surface area contributed by atoms with Gasteiger partial charge in [-0.1, -0.05) is 6.92 Å². The van der Waals surface area contributed by atoms with Crippen molar-refractivity contribution in [2.45, 2.75) is 52.1 Å². The molecule has 2 rings (SSSR count). The lowest BCUT2D eigenvalue weighted by Crippen LogP contribution is -2.53. The normalized spacial score (nSPS) is 33.7. The number of hydrogen-bond acceptors (Lipinski definition) is 3. The summed E-state index contributed by atoms with van der Waals surface area (Å²) in [5.74, 6) is 1.01. The van der Waals surface area contributed by atoms with Crippen molar-refractivity contribution in [1.82, 2.24) is 9.80 Å². The third-order valence-electron chi connectivity index (χ3n) is 4.91. The fraction of sp³-hybridized carbons (Fsp3) is 0.933. The molecule has 1 saturated carbocycles.